The number of nitrogens with one attached hydrogen (secondary N) is 1. The monoisotopic (exact) mass is 342 g/mol. The van der Waals surface area contributed by atoms with Crippen LogP contribution in [0, 0.1) is 0 Å². The average Bonchev–Trinajstić information content (AvgIpc) is 2.63. The zero-order chi connectivity index (χ0) is 18.1. The van der Waals surface area contributed by atoms with Gasteiger partial charge in [-0.15, -0.1) is 0 Å². The molecule has 134 valence electrons. The van der Waals surface area contributed by atoms with Crippen molar-refractivity contribution in [2.45, 2.75) is 38.0 Å². The molecule has 0 bridgehead atoms. The van der Waals surface area contributed by atoms with Crippen molar-refractivity contribution in [1.29, 1.82) is 0 Å². The van der Waals surface area contributed by atoms with E-state index in [1.54, 1.807) is 12.1 Å². The predicted molar refractivity (Wildman–Crippen MR) is 98.3 cm³/mol. The number of hydrogen-bond acceptors (Lipinski definition) is 5. The van der Waals surface area contributed by atoms with Gasteiger partial charge in [-0.1, -0.05) is 55.5 Å². The Kier molecular flexibility index (Phi) is 7.60. The lowest BCUT2D eigenvalue weighted by atomic mass is 10.0. The van der Waals surface area contributed by atoms with E-state index < -0.39 is 18.2 Å². The Morgan fingerprint density at radius 1 is 1.12 bits per heavy atom. The Balaban J connectivity index is 1.81. The zero-order valence-corrected chi connectivity index (χ0v) is 14.5. The highest BCUT2D eigenvalue weighted by Crippen LogP contribution is 2.10. The molecule has 1 unspecified atom stereocenters. The summed E-state index contributed by atoms with van der Waals surface area (Å²) in [6.45, 7) is 2.12. The third kappa shape index (κ3) is 6.31. The number of carbonyl (C=O) groups is 1. The van der Waals surface area contributed by atoms with E-state index in [1.807, 2.05) is 55.5 Å². The molecule has 2 aromatic carbocycles. The number of rotatable bonds is 9. The summed E-state index contributed by atoms with van der Waals surface area (Å²) < 4.78 is 5.34. The molecule has 0 aromatic heterocycles. The zero-order valence-electron chi connectivity index (χ0n) is 14.5. The van der Waals surface area contributed by atoms with Crippen LogP contribution in [0.2, 0.25) is 0 Å². The van der Waals surface area contributed by atoms with Gasteiger partial charge < -0.3 is 20.9 Å². The Morgan fingerprint density at radius 3 is 2.32 bits per heavy atom. The predicted octanol–water partition coefficient (Wildman–Crippen LogP) is 1.89. The normalized spacial score (nSPS) is 14.5. The smallest absolute Gasteiger partial charge is 0.328 e. The standard InChI is InChI=1S/C20H26N2O3/c1-2-18(20(24)25-16-11-7-4-8-12-16)22-14-19(23)17(21)13-15-9-5-3-6-10-15/h3-12,17-19,22-23H,2,13-14,21H2,1H3/t17-,18?,19+/m0/s1. The van der Waals surface area contributed by atoms with Crippen LogP contribution in [-0.2, 0) is 11.2 Å². The number of para-hydroxylation sites is 1. The highest BCUT2D eigenvalue weighted by Gasteiger charge is 2.22. The SMILES string of the molecule is CCC(NC[C@@H](O)[C@@H](N)Cc1ccccc1)C(=O)Oc1ccccc1. The van der Waals surface area contributed by atoms with Gasteiger partial charge in [-0.2, -0.15) is 0 Å². The molecule has 0 heterocycles. The van der Waals surface area contributed by atoms with Gasteiger partial charge in [0.05, 0.1) is 6.10 Å². The molecular weight excluding hydrogens is 316 g/mol. The number of aliphatic hydroxyl groups excluding tert-OH is 1. The van der Waals surface area contributed by atoms with E-state index in [1.165, 1.54) is 0 Å². The first-order valence-electron chi connectivity index (χ1n) is 8.57. The van der Waals surface area contributed by atoms with Crippen LogP contribution in [0.4, 0.5) is 0 Å². The summed E-state index contributed by atoms with van der Waals surface area (Å²) >= 11 is 0. The minimum atomic E-state index is -0.751. The summed E-state index contributed by atoms with van der Waals surface area (Å²) in [5.41, 5.74) is 7.14. The second-order valence-electron chi connectivity index (χ2n) is 6.02. The van der Waals surface area contributed by atoms with E-state index in [2.05, 4.69) is 5.32 Å². The Morgan fingerprint density at radius 2 is 1.72 bits per heavy atom. The molecule has 0 saturated heterocycles. The Labute approximate surface area is 148 Å². The second-order valence-corrected chi connectivity index (χ2v) is 6.02. The summed E-state index contributed by atoms with van der Waals surface area (Å²) in [5.74, 6) is 0.145. The van der Waals surface area contributed by atoms with Crippen LogP contribution in [0.15, 0.2) is 60.7 Å². The highest BCUT2D eigenvalue weighted by atomic mass is 16.5. The molecule has 0 aliphatic carbocycles. The van der Waals surface area contributed by atoms with E-state index in [9.17, 15) is 9.90 Å². The fourth-order valence-corrected chi connectivity index (χ4v) is 2.51. The summed E-state index contributed by atoms with van der Waals surface area (Å²) in [6.07, 6.45) is 0.389. The van der Waals surface area contributed by atoms with Gasteiger partial charge in [0.1, 0.15) is 11.8 Å². The summed E-state index contributed by atoms with van der Waals surface area (Å²) in [6, 6.07) is 17.8. The third-order valence-corrected chi connectivity index (χ3v) is 4.04. The van der Waals surface area contributed by atoms with Crippen molar-refractivity contribution in [3.8, 4) is 5.75 Å². The largest absolute Gasteiger partial charge is 0.425 e. The molecule has 5 heteroatoms. The van der Waals surface area contributed by atoms with Crippen molar-refractivity contribution in [1.82, 2.24) is 5.32 Å². The van der Waals surface area contributed by atoms with Crippen molar-refractivity contribution >= 4 is 5.97 Å². The van der Waals surface area contributed by atoms with Crippen molar-refractivity contribution in [3.63, 3.8) is 0 Å². The number of nitrogens with two attached hydrogens (primary N) is 1. The maximum atomic E-state index is 12.2. The molecule has 0 saturated carbocycles. The Hall–Kier alpha value is -2.21. The fourth-order valence-electron chi connectivity index (χ4n) is 2.51. The lowest BCUT2D eigenvalue weighted by Crippen LogP contribution is -2.48. The van der Waals surface area contributed by atoms with Crippen LogP contribution < -0.4 is 15.8 Å². The first-order chi connectivity index (χ1) is 12.1. The van der Waals surface area contributed by atoms with Crippen LogP contribution in [0.5, 0.6) is 5.75 Å². The van der Waals surface area contributed by atoms with Crippen LogP contribution in [0.25, 0.3) is 0 Å². The minimum absolute atomic E-state index is 0.233. The van der Waals surface area contributed by atoms with E-state index in [4.69, 9.17) is 10.5 Å². The number of ether oxygens (including phenoxy) is 1. The molecule has 3 atom stereocenters. The number of carbonyl (C=O) groups excluding carboxylic acids is 1. The molecule has 4 N–H and O–H groups in total. The fraction of sp³-hybridized carbons (Fsp3) is 0.350. The minimum Gasteiger partial charge on any atom is -0.425 e. The number of esters is 1. The van der Waals surface area contributed by atoms with E-state index in [-0.39, 0.29) is 12.5 Å². The van der Waals surface area contributed by atoms with Gasteiger partial charge in [-0.3, -0.25) is 0 Å². The van der Waals surface area contributed by atoms with Crippen LogP contribution in [-0.4, -0.2) is 35.8 Å². The second kappa shape index (κ2) is 9.93. The average molecular weight is 342 g/mol. The first-order valence-corrected chi connectivity index (χ1v) is 8.57. The molecule has 2 aromatic rings. The molecule has 0 aliphatic rings. The molecule has 0 spiro atoms. The molecule has 0 amide bonds. The molecular formula is C20H26N2O3. The summed E-state index contributed by atoms with van der Waals surface area (Å²) in [5, 5.41) is 13.3. The van der Waals surface area contributed by atoms with Gasteiger partial charge in [0, 0.05) is 12.6 Å². The van der Waals surface area contributed by atoms with Crippen molar-refractivity contribution in [2.24, 2.45) is 5.73 Å². The summed E-state index contributed by atoms with van der Waals surface area (Å²) in [7, 11) is 0. The van der Waals surface area contributed by atoms with Crippen molar-refractivity contribution in [3.05, 3.63) is 66.2 Å². The molecule has 5 nitrogen and oxygen atoms in total. The van der Waals surface area contributed by atoms with Gasteiger partial charge in [0.15, 0.2) is 0 Å². The topological polar surface area (TPSA) is 84.6 Å². The van der Waals surface area contributed by atoms with Gasteiger partial charge in [-0.25, -0.2) is 4.79 Å². The Bertz CT molecular complexity index is 634. The van der Waals surface area contributed by atoms with Crippen LogP contribution >= 0.6 is 0 Å². The maximum Gasteiger partial charge on any atom is 0.328 e. The molecule has 0 aliphatic heterocycles. The van der Waals surface area contributed by atoms with Crippen molar-refractivity contribution in [2.75, 3.05) is 6.54 Å². The first kappa shape index (κ1) is 19.1. The van der Waals surface area contributed by atoms with Gasteiger partial charge in [0.25, 0.3) is 0 Å². The molecule has 25 heavy (non-hydrogen) atoms. The highest BCUT2D eigenvalue weighted by molar-refractivity contribution is 5.78. The van der Waals surface area contributed by atoms with E-state index in [0.717, 1.165) is 5.56 Å². The van der Waals surface area contributed by atoms with Crippen LogP contribution in [0.3, 0.4) is 0 Å². The van der Waals surface area contributed by atoms with Crippen molar-refractivity contribution < 1.29 is 14.6 Å². The van der Waals surface area contributed by atoms with Gasteiger partial charge in [0.2, 0.25) is 0 Å². The maximum absolute atomic E-state index is 12.2. The quantitative estimate of drug-likeness (QED) is 0.479. The molecule has 2 rings (SSSR count). The number of aliphatic hydroxyl groups is 1. The molecule has 0 radical (unpaired) electrons. The number of benzene rings is 2. The lowest BCUT2D eigenvalue weighted by molar-refractivity contribution is -0.137. The third-order valence-electron chi connectivity index (χ3n) is 4.04. The van der Waals surface area contributed by atoms with Crippen LogP contribution in [0.1, 0.15) is 18.9 Å². The van der Waals surface area contributed by atoms with E-state index >= 15 is 0 Å². The van der Waals surface area contributed by atoms with Gasteiger partial charge >= 0.3 is 5.97 Å². The van der Waals surface area contributed by atoms with E-state index in [0.29, 0.717) is 18.6 Å². The van der Waals surface area contributed by atoms with Gasteiger partial charge in [-0.05, 0) is 30.5 Å². The lowest BCUT2D eigenvalue weighted by Gasteiger charge is -2.22. The molecule has 0 fully saturated rings. The summed E-state index contributed by atoms with van der Waals surface area (Å²) in [4.78, 5) is 12.2. The number of hydrogen-bond donors (Lipinski definition) is 3.